The van der Waals surface area contributed by atoms with Gasteiger partial charge in [-0.05, 0) is 34.5 Å². The van der Waals surface area contributed by atoms with Crippen LogP contribution in [0.2, 0.25) is 0 Å². The van der Waals surface area contributed by atoms with Gasteiger partial charge in [-0.3, -0.25) is 0 Å². The Morgan fingerprint density at radius 3 is 2.88 bits per heavy atom. The molecule has 0 amide bonds. The highest BCUT2D eigenvalue weighted by Crippen LogP contribution is 2.27. The summed E-state index contributed by atoms with van der Waals surface area (Å²) in [5.74, 6) is 1.39. The zero-order valence-electron chi connectivity index (χ0n) is 9.37. The van der Waals surface area contributed by atoms with Crippen LogP contribution in [0.15, 0.2) is 34.1 Å². The lowest BCUT2D eigenvalue weighted by Gasteiger charge is -2.11. The van der Waals surface area contributed by atoms with E-state index in [4.69, 9.17) is 16.3 Å². The maximum Gasteiger partial charge on any atom is 0.127 e. The Morgan fingerprint density at radius 1 is 1.41 bits per heavy atom. The normalized spacial score (nSPS) is 10.5. The van der Waals surface area contributed by atoms with Gasteiger partial charge in [0.1, 0.15) is 12.4 Å². The van der Waals surface area contributed by atoms with Crippen molar-refractivity contribution < 1.29 is 4.74 Å². The van der Waals surface area contributed by atoms with Gasteiger partial charge in [-0.15, -0.1) is 22.9 Å². The Bertz CT molecular complexity index is 510. The molecule has 0 saturated carbocycles. The maximum atomic E-state index is 5.91. The van der Waals surface area contributed by atoms with Crippen molar-refractivity contribution in [2.75, 3.05) is 0 Å². The molecule has 0 aliphatic rings. The Morgan fingerprint density at radius 2 is 2.24 bits per heavy atom. The number of halogens is 2. The third-order valence-electron chi connectivity index (χ3n) is 2.42. The van der Waals surface area contributed by atoms with E-state index >= 15 is 0 Å². The first kappa shape index (κ1) is 12.9. The molecule has 0 saturated heterocycles. The standard InChI is InChI=1S/C13H12BrClOS/c1-9-3-2-4-10(6-15)13(9)16-7-12-5-11(14)8-17-12/h2-5,8H,6-7H2,1H3. The van der Waals surface area contributed by atoms with E-state index in [1.54, 1.807) is 11.3 Å². The summed E-state index contributed by atoms with van der Waals surface area (Å²) in [6.45, 7) is 2.63. The van der Waals surface area contributed by atoms with Gasteiger partial charge in [0.2, 0.25) is 0 Å². The number of hydrogen-bond acceptors (Lipinski definition) is 2. The fraction of sp³-hybridized carbons (Fsp3) is 0.231. The lowest BCUT2D eigenvalue weighted by Crippen LogP contribution is -1.98. The molecule has 1 heterocycles. The Labute approximate surface area is 119 Å². The molecule has 0 N–H and O–H groups in total. The van der Waals surface area contributed by atoms with Gasteiger partial charge in [0.25, 0.3) is 0 Å². The number of benzene rings is 1. The molecule has 0 aliphatic heterocycles. The first-order valence-corrected chi connectivity index (χ1v) is 7.41. The van der Waals surface area contributed by atoms with E-state index in [1.165, 1.54) is 4.88 Å². The van der Waals surface area contributed by atoms with Crippen LogP contribution in [0.5, 0.6) is 5.75 Å². The summed E-state index contributed by atoms with van der Waals surface area (Å²) in [6.07, 6.45) is 0. The van der Waals surface area contributed by atoms with Crippen LogP contribution in [0, 0.1) is 6.92 Å². The molecule has 0 atom stereocenters. The monoisotopic (exact) mass is 330 g/mol. The molecule has 1 aromatic carbocycles. The van der Waals surface area contributed by atoms with Gasteiger partial charge >= 0.3 is 0 Å². The van der Waals surface area contributed by atoms with E-state index in [0.717, 1.165) is 21.3 Å². The van der Waals surface area contributed by atoms with Crippen LogP contribution in [-0.4, -0.2) is 0 Å². The zero-order chi connectivity index (χ0) is 12.3. The molecule has 1 nitrogen and oxygen atoms in total. The number of alkyl halides is 1. The van der Waals surface area contributed by atoms with Crippen LogP contribution in [0.1, 0.15) is 16.0 Å². The topological polar surface area (TPSA) is 9.23 Å². The summed E-state index contributed by atoms with van der Waals surface area (Å²) in [4.78, 5) is 1.20. The molecule has 0 unspecified atom stereocenters. The fourth-order valence-electron chi connectivity index (χ4n) is 1.60. The first-order chi connectivity index (χ1) is 8.20. The van der Waals surface area contributed by atoms with E-state index in [2.05, 4.69) is 27.4 Å². The second-order valence-electron chi connectivity index (χ2n) is 3.72. The lowest BCUT2D eigenvalue weighted by molar-refractivity contribution is 0.305. The van der Waals surface area contributed by atoms with Crippen molar-refractivity contribution in [3.05, 3.63) is 50.1 Å². The molecule has 2 rings (SSSR count). The zero-order valence-corrected chi connectivity index (χ0v) is 12.5. The number of aryl methyl sites for hydroxylation is 1. The van der Waals surface area contributed by atoms with E-state index in [9.17, 15) is 0 Å². The Balaban J connectivity index is 2.13. The minimum Gasteiger partial charge on any atom is -0.487 e. The number of para-hydroxylation sites is 1. The molecule has 0 fully saturated rings. The van der Waals surface area contributed by atoms with Crippen LogP contribution in [-0.2, 0) is 12.5 Å². The molecule has 0 bridgehead atoms. The third kappa shape index (κ3) is 3.24. The molecule has 2 aromatic rings. The van der Waals surface area contributed by atoms with Crippen molar-refractivity contribution in [1.29, 1.82) is 0 Å². The van der Waals surface area contributed by atoms with Gasteiger partial charge in [0.15, 0.2) is 0 Å². The molecule has 0 aliphatic carbocycles. The number of thiophene rings is 1. The molecule has 17 heavy (non-hydrogen) atoms. The Kier molecular flexibility index (Phi) is 4.48. The number of rotatable bonds is 4. The summed E-state index contributed by atoms with van der Waals surface area (Å²) in [6, 6.07) is 8.11. The van der Waals surface area contributed by atoms with Crippen LogP contribution >= 0.6 is 38.9 Å². The van der Waals surface area contributed by atoms with Gasteiger partial charge in [0, 0.05) is 20.3 Å². The van der Waals surface area contributed by atoms with Crippen molar-refractivity contribution in [2.24, 2.45) is 0 Å². The molecular formula is C13H12BrClOS. The average molecular weight is 332 g/mol. The minimum atomic E-state index is 0.477. The predicted octanol–water partition coefficient (Wildman–Crippen LogP) is 5.14. The van der Waals surface area contributed by atoms with Gasteiger partial charge in [-0.1, -0.05) is 18.2 Å². The van der Waals surface area contributed by atoms with Gasteiger partial charge < -0.3 is 4.74 Å². The number of hydrogen-bond donors (Lipinski definition) is 0. The summed E-state index contributed by atoms with van der Waals surface area (Å²) in [5.41, 5.74) is 2.17. The molecule has 90 valence electrons. The van der Waals surface area contributed by atoms with Crippen molar-refractivity contribution in [1.82, 2.24) is 0 Å². The molecule has 1 aromatic heterocycles. The smallest absolute Gasteiger partial charge is 0.127 e. The van der Waals surface area contributed by atoms with Gasteiger partial charge in [0.05, 0.1) is 5.88 Å². The SMILES string of the molecule is Cc1cccc(CCl)c1OCc1cc(Br)cs1. The number of ether oxygens (including phenoxy) is 1. The summed E-state index contributed by atoms with van der Waals surface area (Å²) in [7, 11) is 0. The lowest BCUT2D eigenvalue weighted by atomic mass is 10.1. The van der Waals surface area contributed by atoms with Crippen molar-refractivity contribution in [2.45, 2.75) is 19.4 Å². The summed E-state index contributed by atoms with van der Waals surface area (Å²) < 4.78 is 6.96. The quantitative estimate of drug-likeness (QED) is 0.705. The van der Waals surface area contributed by atoms with Crippen molar-refractivity contribution >= 4 is 38.9 Å². The van der Waals surface area contributed by atoms with Crippen LogP contribution in [0.3, 0.4) is 0 Å². The van der Waals surface area contributed by atoms with Crippen molar-refractivity contribution in [3.63, 3.8) is 0 Å². The molecule has 0 spiro atoms. The molecule has 0 radical (unpaired) electrons. The molecule has 4 heteroatoms. The second kappa shape index (κ2) is 5.89. The predicted molar refractivity (Wildman–Crippen MR) is 77.1 cm³/mol. The van der Waals surface area contributed by atoms with Gasteiger partial charge in [-0.2, -0.15) is 0 Å². The fourth-order valence-corrected chi connectivity index (χ4v) is 3.17. The average Bonchev–Trinajstić information content (AvgIpc) is 2.73. The maximum absolute atomic E-state index is 5.91. The second-order valence-corrected chi connectivity index (χ2v) is 5.90. The van der Waals surface area contributed by atoms with E-state index in [-0.39, 0.29) is 0 Å². The third-order valence-corrected chi connectivity index (χ3v) is 4.38. The Hall–Kier alpha value is -0.510. The van der Waals surface area contributed by atoms with Crippen LogP contribution in [0.25, 0.3) is 0 Å². The molecular weight excluding hydrogens is 320 g/mol. The van der Waals surface area contributed by atoms with Crippen molar-refractivity contribution in [3.8, 4) is 5.75 Å². The minimum absolute atomic E-state index is 0.477. The van der Waals surface area contributed by atoms with Crippen LogP contribution in [0.4, 0.5) is 0 Å². The van der Waals surface area contributed by atoms with E-state index in [1.807, 2.05) is 25.1 Å². The highest BCUT2D eigenvalue weighted by atomic mass is 79.9. The first-order valence-electron chi connectivity index (χ1n) is 5.21. The van der Waals surface area contributed by atoms with Gasteiger partial charge in [-0.25, -0.2) is 0 Å². The highest BCUT2D eigenvalue weighted by Gasteiger charge is 2.07. The summed E-state index contributed by atoms with van der Waals surface area (Å²) >= 11 is 11.0. The summed E-state index contributed by atoms with van der Waals surface area (Å²) in [5, 5.41) is 2.05. The largest absolute Gasteiger partial charge is 0.487 e. The van der Waals surface area contributed by atoms with E-state index < -0.39 is 0 Å². The van der Waals surface area contributed by atoms with E-state index in [0.29, 0.717) is 12.5 Å². The highest BCUT2D eigenvalue weighted by molar-refractivity contribution is 9.10. The van der Waals surface area contributed by atoms with Crippen LogP contribution < -0.4 is 4.74 Å².